The topological polar surface area (TPSA) is 93.8 Å². The molecule has 0 aliphatic carbocycles. The van der Waals surface area contributed by atoms with Crippen molar-refractivity contribution >= 4 is 50.8 Å². The third-order valence-corrected chi connectivity index (χ3v) is 7.46. The van der Waals surface area contributed by atoms with Gasteiger partial charge in [0.2, 0.25) is 0 Å². The maximum absolute atomic E-state index is 14.4. The number of hydrogen-bond acceptors (Lipinski definition) is 5. The molecule has 0 fully saturated rings. The first-order chi connectivity index (χ1) is 20.4. The molecule has 5 aromatic rings. The number of nitrogens with one attached hydrogen (secondary N) is 2. The number of aromatic nitrogens is 4. The van der Waals surface area contributed by atoms with Gasteiger partial charge in [-0.15, -0.1) is 5.10 Å². The molecule has 222 valence electrons. The lowest BCUT2D eigenvalue weighted by Gasteiger charge is -2.20. The Morgan fingerprint density at radius 1 is 1.00 bits per heavy atom. The molecule has 0 bridgehead atoms. The van der Waals surface area contributed by atoms with Crippen LogP contribution < -0.4 is 16.3 Å². The number of hydrogen-bond donors (Lipinski definition) is 2. The van der Waals surface area contributed by atoms with Crippen LogP contribution in [0.3, 0.4) is 0 Å². The van der Waals surface area contributed by atoms with Crippen molar-refractivity contribution in [3.05, 3.63) is 92.0 Å². The Bertz CT molecular complexity index is 2020. The molecule has 3 aromatic carbocycles. The van der Waals surface area contributed by atoms with Crippen molar-refractivity contribution in [3.63, 3.8) is 0 Å². The highest BCUT2D eigenvalue weighted by Gasteiger charge is 2.39. The van der Waals surface area contributed by atoms with Crippen molar-refractivity contribution in [2.75, 3.05) is 12.0 Å². The minimum atomic E-state index is -4.99. The summed E-state index contributed by atoms with van der Waals surface area (Å²) in [5.41, 5.74) is -3.74. The van der Waals surface area contributed by atoms with Crippen molar-refractivity contribution < 1.29 is 35.5 Å². The van der Waals surface area contributed by atoms with Crippen LogP contribution in [0.15, 0.2) is 47.4 Å². The zero-order valence-electron chi connectivity index (χ0n) is 21.4. The zero-order chi connectivity index (χ0) is 30.8. The van der Waals surface area contributed by atoms with Gasteiger partial charge in [-0.2, -0.15) is 18.3 Å². The number of aryl methyl sites for hydroxylation is 1. The molecule has 0 saturated heterocycles. The third-order valence-electron chi connectivity index (χ3n) is 7.11. The molecule has 1 unspecified atom stereocenters. The molecule has 0 saturated carbocycles. The Balaban J connectivity index is 1.68. The van der Waals surface area contributed by atoms with Crippen LogP contribution in [-0.4, -0.2) is 31.9 Å². The van der Waals surface area contributed by atoms with Crippen LogP contribution in [0.1, 0.15) is 33.1 Å². The standard InChI is InChI=1S/C27H16ClF7N6O2/c28-16-2-1-11(31)5-13(16)23-20-17(37-18-9-36-39-22-14(18)6-12(32)7-15(22)27(33,34)35)8-19-24(21(20)25(42)38-23)41(10-30)26(43)40(19)4-3-29/h1-2,5-9,23H,3-4,10H2,(H,37,39)(H,38,42). The first-order valence-electron chi connectivity index (χ1n) is 12.4. The summed E-state index contributed by atoms with van der Waals surface area (Å²) >= 11 is 6.34. The monoisotopic (exact) mass is 624 g/mol. The van der Waals surface area contributed by atoms with Crippen LogP contribution in [0.4, 0.5) is 42.1 Å². The van der Waals surface area contributed by atoms with Crippen LogP contribution in [0.2, 0.25) is 5.02 Å². The lowest BCUT2D eigenvalue weighted by molar-refractivity contribution is -0.136. The van der Waals surface area contributed by atoms with Gasteiger partial charge in [0.25, 0.3) is 5.91 Å². The van der Waals surface area contributed by atoms with Crippen molar-refractivity contribution in [1.82, 2.24) is 24.6 Å². The summed E-state index contributed by atoms with van der Waals surface area (Å²) in [5.74, 6) is -2.77. The highest BCUT2D eigenvalue weighted by molar-refractivity contribution is 6.31. The van der Waals surface area contributed by atoms with Gasteiger partial charge in [-0.3, -0.25) is 13.9 Å². The Hall–Kier alpha value is -4.66. The van der Waals surface area contributed by atoms with Crippen LogP contribution in [0.25, 0.3) is 21.9 Å². The van der Waals surface area contributed by atoms with Gasteiger partial charge in [-0.1, -0.05) is 11.6 Å². The first-order valence-corrected chi connectivity index (χ1v) is 12.8. The largest absolute Gasteiger partial charge is 0.418 e. The number of rotatable bonds is 6. The highest BCUT2D eigenvalue weighted by Crippen LogP contribution is 2.44. The summed E-state index contributed by atoms with van der Waals surface area (Å²) in [7, 11) is 0. The van der Waals surface area contributed by atoms with Gasteiger partial charge in [0.1, 0.15) is 23.8 Å². The number of anilines is 2. The van der Waals surface area contributed by atoms with Crippen molar-refractivity contribution in [3.8, 4) is 0 Å². The summed E-state index contributed by atoms with van der Waals surface area (Å²) in [6.07, 6.45) is -3.98. The summed E-state index contributed by atoms with van der Waals surface area (Å²) in [6.45, 7) is -2.93. The molecular weight excluding hydrogens is 609 g/mol. The first kappa shape index (κ1) is 28.5. The second-order valence-corrected chi connectivity index (χ2v) is 9.96. The zero-order valence-corrected chi connectivity index (χ0v) is 22.1. The number of carbonyl (C=O) groups is 1. The van der Waals surface area contributed by atoms with E-state index in [2.05, 4.69) is 20.8 Å². The number of nitrogens with zero attached hydrogens (tertiary/aromatic N) is 4. The molecule has 2 N–H and O–H groups in total. The third kappa shape index (κ3) is 4.54. The summed E-state index contributed by atoms with van der Waals surface area (Å²) in [6, 6.07) is 4.47. The number of benzene rings is 3. The Labute approximate surface area is 240 Å². The average Bonchev–Trinajstić information content (AvgIpc) is 3.43. The molecule has 2 aromatic heterocycles. The number of imidazole rings is 1. The van der Waals surface area contributed by atoms with E-state index in [1.807, 2.05) is 0 Å². The van der Waals surface area contributed by atoms with Crippen molar-refractivity contribution in [2.45, 2.75) is 25.6 Å². The summed E-state index contributed by atoms with van der Waals surface area (Å²) < 4.78 is 99.0. The molecule has 8 nitrogen and oxygen atoms in total. The van der Waals surface area contributed by atoms with E-state index < -0.39 is 66.5 Å². The SMILES string of the molecule is O=C1NC(c2cc(F)ccc2Cl)c2c(Nc3cnnc4c(C(F)(F)F)cc(F)cc34)cc3c(c21)n(CF)c(=O)n3CCF. The van der Waals surface area contributed by atoms with Crippen molar-refractivity contribution in [2.24, 2.45) is 0 Å². The predicted octanol–water partition coefficient (Wildman–Crippen LogP) is 6.17. The maximum atomic E-state index is 14.4. The van der Waals surface area contributed by atoms with Crippen LogP contribution in [0.5, 0.6) is 0 Å². The minimum absolute atomic E-state index is 0.0157. The number of carbonyl (C=O) groups excluding carboxylic acids is 1. The molecule has 0 spiro atoms. The summed E-state index contributed by atoms with van der Waals surface area (Å²) in [5, 5.41) is 12.3. The molecular formula is C27H16ClF7N6O2. The molecule has 1 aliphatic rings. The van der Waals surface area contributed by atoms with Gasteiger partial charge >= 0.3 is 11.9 Å². The number of fused-ring (bicyclic) bond motifs is 4. The molecule has 6 rings (SSSR count). The Morgan fingerprint density at radius 2 is 1.77 bits per heavy atom. The summed E-state index contributed by atoms with van der Waals surface area (Å²) in [4.78, 5) is 26.4. The fourth-order valence-corrected chi connectivity index (χ4v) is 5.60. The van der Waals surface area contributed by atoms with Gasteiger partial charge in [0, 0.05) is 27.2 Å². The lowest BCUT2D eigenvalue weighted by atomic mass is 9.95. The van der Waals surface area contributed by atoms with E-state index in [0.29, 0.717) is 4.57 Å². The van der Waals surface area contributed by atoms with Crippen molar-refractivity contribution in [1.29, 1.82) is 0 Å². The molecule has 0 radical (unpaired) electrons. The quantitative estimate of drug-likeness (QED) is 0.221. The highest BCUT2D eigenvalue weighted by atomic mass is 35.5. The van der Waals surface area contributed by atoms with E-state index in [9.17, 15) is 40.3 Å². The number of halogens is 8. The second kappa shape index (κ2) is 10.3. The molecule has 16 heteroatoms. The Morgan fingerprint density at radius 3 is 2.47 bits per heavy atom. The average molecular weight is 625 g/mol. The molecule has 1 atom stereocenters. The normalized spacial score (nSPS) is 14.9. The van der Waals surface area contributed by atoms with E-state index in [1.165, 1.54) is 12.1 Å². The predicted molar refractivity (Wildman–Crippen MR) is 142 cm³/mol. The molecule has 1 amide bonds. The van der Waals surface area contributed by atoms with Gasteiger partial charge in [-0.05, 0) is 36.4 Å². The van der Waals surface area contributed by atoms with Crippen LogP contribution in [0, 0.1) is 11.6 Å². The molecule has 3 heterocycles. The van der Waals surface area contributed by atoms with E-state index in [0.717, 1.165) is 29.0 Å². The van der Waals surface area contributed by atoms with E-state index >= 15 is 0 Å². The van der Waals surface area contributed by atoms with Crippen LogP contribution in [-0.2, 0) is 19.5 Å². The molecule has 1 aliphatic heterocycles. The smallest absolute Gasteiger partial charge is 0.353 e. The fourth-order valence-electron chi connectivity index (χ4n) is 5.37. The van der Waals surface area contributed by atoms with E-state index in [4.69, 9.17) is 11.6 Å². The van der Waals surface area contributed by atoms with E-state index in [1.54, 1.807) is 0 Å². The van der Waals surface area contributed by atoms with Gasteiger partial charge in [0.15, 0.2) is 6.80 Å². The number of amides is 1. The minimum Gasteiger partial charge on any atom is -0.353 e. The fraction of sp³-hybridized carbons (Fsp3) is 0.185. The lowest BCUT2D eigenvalue weighted by Crippen LogP contribution is -2.24. The second-order valence-electron chi connectivity index (χ2n) is 9.55. The van der Waals surface area contributed by atoms with E-state index in [-0.39, 0.29) is 55.6 Å². The molecule has 43 heavy (non-hydrogen) atoms. The van der Waals surface area contributed by atoms with Gasteiger partial charge in [-0.25, -0.2) is 22.4 Å². The van der Waals surface area contributed by atoms with Gasteiger partial charge < -0.3 is 10.6 Å². The Kier molecular flexibility index (Phi) is 6.79. The van der Waals surface area contributed by atoms with Crippen LogP contribution >= 0.6 is 11.6 Å². The number of alkyl halides is 5. The maximum Gasteiger partial charge on any atom is 0.418 e. The van der Waals surface area contributed by atoms with Gasteiger partial charge in [0.05, 0.1) is 46.6 Å².